The van der Waals surface area contributed by atoms with E-state index in [1.807, 2.05) is 6.20 Å². The van der Waals surface area contributed by atoms with Crippen LogP contribution in [0.1, 0.15) is 62.6 Å². The Morgan fingerprint density at radius 2 is 2.00 bits per heavy atom. The van der Waals surface area contributed by atoms with Crippen molar-refractivity contribution in [3.05, 3.63) is 35.3 Å². The van der Waals surface area contributed by atoms with Gasteiger partial charge in [0.15, 0.2) is 0 Å². The van der Waals surface area contributed by atoms with Crippen LogP contribution in [0.3, 0.4) is 0 Å². The second kappa shape index (κ2) is 5.55. The van der Waals surface area contributed by atoms with Gasteiger partial charge >= 0.3 is 0 Å². The van der Waals surface area contributed by atoms with Gasteiger partial charge in [-0.05, 0) is 53.1 Å². The van der Waals surface area contributed by atoms with Crippen LogP contribution in [0.5, 0.6) is 0 Å². The predicted molar refractivity (Wildman–Crippen MR) is 77.6 cm³/mol. The summed E-state index contributed by atoms with van der Waals surface area (Å²) >= 11 is 0. The number of nitrogens with zero attached hydrogens (tertiary/aromatic N) is 1. The standard InChI is InChI=1S/C16H24N2/c1-11(2)14-6-8-17-7-5-13-9-18-10-15(12(3)4)16(13)14/h5,7,9-12,14,17H,6,8H2,1-4H3. The van der Waals surface area contributed by atoms with E-state index in [4.69, 9.17) is 0 Å². The minimum atomic E-state index is 0.537. The maximum absolute atomic E-state index is 4.41. The molecule has 1 aromatic heterocycles. The topological polar surface area (TPSA) is 24.9 Å². The van der Waals surface area contributed by atoms with Gasteiger partial charge in [-0.2, -0.15) is 0 Å². The molecule has 2 heteroatoms. The molecule has 0 aromatic carbocycles. The molecule has 0 spiro atoms. The number of hydrogen-bond acceptors (Lipinski definition) is 2. The molecule has 0 bridgehead atoms. The number of fused-ring (bicyclic) bond motifs is 1. The van der Waals surface area contributed by atoms with E-state index in [-0.39, 0.29) is 0 Å². The summed E-state index contributed by atoms with van der Waals surface area (Å²) in [5.41, 5.74) is 4.22. The van der Waals surface area contributed by atoms with Crippen LogP contribution >= 0.6 is 0 Å². The number of hydrogen-bond donors (Lipinski definition) is 1. The summed E-state index contributed by atoms with van der Waals surface area (Å²) in [6.07, 6.45) is 9.48. The van der Waals surface area contributed by atoms with Gasteiger partial charge in [-0.3, -0.25) is 4.98 Å². The summed E-state index contributed by atoms with van der Waals surface area (Å²) in [4.78, 5) is 4.41. The molecule has 1 N–H and O–H groups in total. The molecule has 1 aliphatic heterocycles. The Morgan fingerprint density at radius 3 is 2.67 bits per heavy atom. The van der Waals surface area contributed by atoms with E-state index in [1.165, 1.54) is 23.1 Å². The lowest BCUT2D eigenvalue weighted by Crippen LogP contribution is -2.20. The molecule has 2 rings (SSSR count). The predicted octanol–water partition coefficient (Wildman–Crippen LogP) is 3.91. The first-order valence-corrected chi connectivity index (χ1v) is 6.99. The maximum Gasteiger partial charge on any atom is 0.0343 e. The highest BCUT2D eigenvalue weighted by Crippen LogP contribution is 2.36. The van der Waals surface area contributed by atoms with Gasteiger partial charge in [-0.1, -0.05) is 27.7 Å². The lowest BCUT2D eigenvalue weighted by molar-refractivity contribution is 0.457. The van der Waals surface area contributed by atoms with Gasteiger partial charge in [0.25, 0.3) is 0 Å². The molecule has 0 amide bonds. The molecule has 1 unspecified atom stereocenters. The van der Waals surface area contributed by atoms with E-state index in [2.05, 4.69) is 56.5 Å². The first-order chi connectivity index (χ1) is 8.61. The van der Waals surface area contributed by atoms with Crippen LogP contribution in [0.25, 0.3) is 6.08 Å². The Labute approximate surface area is 111 Å². The van der Waals surface area contributed by atoms with E-state index < -0.39 is 0 Å². The van der Waals surface area contributed by atoms with Crippen molar-refractivity contribution in [1.29, 1.82) is 0 Å². The highest BCUT2D eigenvalue weighted by Gasteiger charge is 2.23. The minimum absolute atomic E-state index is 0.537. The van der Waals surface area contributed by atoms with Crippen molar-refractivity contribution in [2.75, 3.05) is 6.54 Å². The van der Waals surface area contributed by atoms with E-state index in [1.54, 1.807) is 0 Å². The molecule has 0 saturated carbocycles. The van der Waals surface area contributed by atoms with E-state index in [0.29, 0.717) is 17.8 Å². The molecular weight excluding hydrogens is 220 g/mol. The zero-order chi connectivity index (χ0) is 13.1. The van der Waals surface area contributed by atoms with Gasteiger partial charge in [0, 0.05) is 18.9 Å². The van der Waals surface area contributed by atoms with E-state index >= 15 is 0 Å². The normalized spacial score (nSPS) is 19.3. The monoisotopic (exact) mass is 244 g/mol. The van der Waals surface area contributed by atoms with Crippen molar-refractivity contribution in [3.63, 3.8) is 0 Å². The van der Waals surface area contributed by atoms with Gasteiger partial charge in [0.1, 0.15) is 0 Å². The number of pyridine rings is 1. The van der Waals surface area contributed by atoms with Crippen molar-refractivity contribution in [2.24, 2.45) is 5.92 Å². The first kappa shape index (κ1) is 13.1. The molecule has 98 valence electrons. The van der Waals surface area contributed by atoms with Crippen LogP contribution in [0, 0.1) is 5.92 Å². The lowest BCUT2D eigenvalue weighted by Gasteiger charge is -2.28. The summed E-state index contributed by atoms with van der Waals surface area (Å²) in [6.45, 7) is 10.2. The molecular formula is C16H24N2. The second-order valence-electron chi connectivity index (χ2n) is 5.81. The number of nitrogens with one attached hydrogen (secondary N) is 1. The summed E-state index contributed by atoms with van der Waals surface area (Å²) in [5.74, 6) is 1.82. The fourth-order valence-electron chi connectivity index (χ4n) is 2.81. The molecule has 1 aromatic rings. The Kier molecular flexibility index (Phi) is 4.05. The highest BCUT2D eigenvalue weighted by atomic mass is 14.8. The van der Waals surface area contributed by atoms with Crippen LogP contribution in [-0.4, -0.2) is 11.5 Å². The molecule has 2 heterocycles. The summed E-state index contributed by atoms with van der Waals surface area (Å²) < 4.78 is 0. The molecule has 0 radical (unpaired) electrons. The second-order valence-corrected chi connectivity index (χ2v) is 5.81. The Balaban J connectivity index is 2.58. The summed E-state index contributed by atoms with van der Waals surface area (Å²) in [7, 11) is 0. The van der Waals surface area contributed by atoms with Crippen molar-refractivity contribution < 1.29 is 0 Å². The van der Waals surface area contributed by atoms with E-state index in [9.17, 15) is 0 Å². The van der Waals surface area contributed by atoms with Crippen molar-refractivity contribution in [2.45, 2.75) is 46.0 Å². The number of aromatic nitrogens is 1. The van der Waals surface area contributed by atoms with Crippen LogP contribution in [0.4, 0.5) is 0 Å². The fraction of sp³-hybridized carbons (Fsp3) is 0.562. The van der Waals surface area contributed by atoms with Crippen molar-refractivity contribution in [3.8, 4) is 0 Å². The minimum Gasteiger partial charge on any atom is -0.391 e. The van der Waals surface area contributed by atoms with Crippen molar-refractivity contribution >= 4 is 6.08 Å². The lowest BCUT2D eigenvalue weighted by atomic mass is 9.79. The highest BCUT2D eigenvalue weighted by molar-refractivity contribution is 5.56. The van der Waals surface area contributed by atoms with Gasteiger partial charge < -0.3 is 5.32 Å². The first-order valence-electron chi connectivity index (χ1n) is 6.99. The maximum atomic E-state index is 4.41. The third-order valence-electron chi connectivity index (χ3n) is 3.83. The van der Waals surface area contributed by atoms with Crippen molar-refractivity contribution in [1.82, 2.24) is 10.3 Å². The number of rotatable bonds is 2. The third kappa shape index (κ3) is 2.58. The average molecular weight is 244 g/mol. The molecule has 18 heavy (non-hydrogen) atoms. The van der Waals surface area contributed by atoms with Gasteiger partial charge in [0.05, 0.1) is 0 Å². The summed E-state index contributed by atoms with van der Waals surface area (Å²) in [5, 5.41) is 3.35. The van der Waals surface area contributed by atoms with E-state index in [0.717, 1.165) is 6.54 Å². The zero-order valence-corrected chi connectivity index (χ0v) is 11.9. The summed E-state index contributed by atoms with van der Waals surface area (Å²) in [6, 6.07) is 0. The molecule has 0 saturated heterocycles. The van der Waals surface area contributed by atoms with Gasteiger partial charge in [0.2, 0.25) is 0 Å². The zero-order valence-electron chi connectivity index (χ0n) is 11.9. The Morgan fingerprint density at radius 1 is 1.22 bits per heavy atom. The molecule has 0 fully saturated rings. The molecule has 2 nitrogen and oxygen atoms in total. The third-order valence-corrected chi connectivity index (χ3v) is 3.83. The van der Waals surface area contributed by atoms with Crippen LogP contribution in [-0.2, 0) is 0 Å². The SMILES string of the molecule is CC(C)c1cncc2c1C(C(C)C)CCNC=C2. The molecule has 0 aliphatic carbocycles. The Bertz CT molecular complexity index is 433. The van der Waals surface area contributed by atoms with Crippen LogP contribution in [0.15, 0.2) is 18.6 Å². The quantitative estimate of drug-likeness (QED) is 0.853. The fourth-order valence-corrected chi connectivity index (χ4v) is 2.81. The molecule has 1 atom stereocenters. The Hall–Kier alpha value is -1.31. The van der Waals surface area contributed by atoms with Gasteiger partial charge in [-0.15, -0.1) is 0 Å². The van der Waals surface area contributed by atoms with Gasteiger partial charge in [-0.25, -0.2) is 0 Å². The van der Waals surface area contributed by atoms with Crippen LogP contribution in [0.2, 0.25) is 0 Å². The molecule has 1 aliphatic rings. The smallest absolute Gasteiger partial charge is 0.0343 e. The van der Waals surface area contributed by atoms with Crippen LogP contribution < -0.4 is 5.32 Å². The average Bonchev–Trinajstić information content (AvgIpc) is 2.28. The largest absolute Gasteiger partial charge is 0.391 e.